The Morgan fingerprint density at radius 1 is 1.53 bits per heavy atom. The molecule has 1 rings (SSSR count). The van der Waals surface area contributed by atoms with Gasteiger partial charge in [-0.1, -0.05) is 0 Å². The van der Waals surface area contributed by atoms with Crippen molar-refractivity contribution in [2.75, 3.05) is 58.5 Å². The van der Waals surface area contributed by atoms with Gasteiger partial charge in [-0.2, -0.15) is 4.37 Å². The molecular weight excluding hydrogens is 266 g/mol. The smallest absolute Gasteiger partial charge is 0.257 e. The molecule has 0 fully saturated rings. The molecule has 8 heteroatoms. The fourth-order valence-corrected chi connectivity index (χ4v) is 2.22. The summed E-state index contributed by atoms with van der Waals surface area (Å²) >= 11 is 1.20. The van der Waals surface area contributed by atoms with E-state index >= 15 is 0 Å². The van der Waals surface area contributed by atoms with Gasteiger partial charge in [-0.05, 0) is 18.6 Å². The number of hydrogen-bond donors (Lipinski definition) is 3. The van der Waals surface area contributed by atoms with Crippen LogP contribution in [0, 0.1) is 0 Å². The minimum atomic E-state index is -0.221. The number of nitrogen functional groups attached to an aromatic ring is 1. The van der Waals surface area contributed by atoms with Crippen molar-refractivity contribution in [3.63, 3.8) is 0 Å². The molecule has 19 heavy (non-hydrogen) atoms. The van der Waals surface area contributed by atoms with Gasteiger partial charge in [-0.15, -0.1) is 0 Å². The molecule has 1 aromatic rings. The van der Waals surface area contributed by atoms with E-state index in [2.05, 4.69) is 19.9 Å². The molecule has 0 aromatic carbocycles. The van der Waals surface area contributed by atoms with Crippen LogP contribution in [-0.4, -0.2) is 62.6 Å². The van der Waals surface area contributed by atoms with Crippen LogP contribution in [0.15, 0.2) is 0 Å². The van der Waals surface area contributed by atoms with E-state index in [0.717, 1.165) is 13.1 Å². The zero-order valence-electron chi connectivity index (χ0n) is 11.5. The van der Waals surface area contributed by atoms with Gasteiger partial charge >= 0.3 is 0 Å². The Morgan fingerprint density at radius 2 is 2.26 bits per heavy atom. The van der Waals surface area contributed by atoms with E-state index in [1.807, 2.05) is 7.05 Å². The second-order valence-electron chi connectivity index (χ2n) is 4.07. The summed E-state index contributed by atoms with van der Waals surface area (Å²) in [6.07, 6.45) is 0. The molecule has 0 aliphatic rings. The summed E-state index contributed by atoms with van der Waals surface area (Å²) in [7, 11) is 5.27. The van der Waals surface area contributed by atoms with E-state index < -0.39 is 0 Å². The summed E-state index contributed by atoms with van der Waals surface area (Å²) in [5.41, 5.74) is 6.11. The predicted molar refractivity (Wildman–Crippen MR) is 77.8 cm³/mol. The van der Waals surface area contributed by atoms with E-state index in [1.54, 1.807) is 14.2 Å². The number of nitrogens with two attached hydrogens (primary N) is 1. The van der Waals surface area contributed by atoms with Crippen LogP contribution in [0.25, 0.3) is 0 Å². The number of hydrogen-bond acceptors (Lipinski definition) is 7. The number of carbonyl (C=O) groups is 1. The third-order valence-electron chi connectivity index (χ3n) is 2.63. The predicted octanol–water partition coefficient (Wildman–Crippen LogP) is 0.0750. The maximum absolute atomic E-state index is 11.7. The monoisotopic (exact) mass is 287 g/mol. The minimum Gasteiger partial charge on any atom is -0.383 e. The summed E-state index contributed by atoms with van der Waals surface area (Å²) in [5.74, 6) is 0.0427. The highest BCUT2D eigenvalue weighted by atomic mass is 32.1. The van der Waals surface area contributed by atoms with Gasteiger partial charge in [-0.3, -0.25) is 4.79 Å². The molecule has 0 atom stereocenters. The number of aromatic nitrogens is 1. The lowest BCUT2D eigenvalue weighted by Gasteiger charge is -2.16. The number of carbonyl (C=O) groups excluding carboxylic acids is 1. The molecule has 7 nitrogen and oxygen atoms in total. The molecular formula is C11H21N5O2S. The zero-order valence-corrected chi connectivity index (χ0v) is 12.3. The van der Waals surface area contributed by atoms with Gasteiger partial charge in [0, 0.05) is 33.8 Å². The number of anilines is 2. The Morgan fingerprint density at radius 3 is 2.89 bits per heavy atom. The van der Waals surface area contributed by atoms with Crippen molar-refractivity contribution in [2.24, 2.45) is 0 Å². The Bertz CT molecular complexity index is 410. The first-order valence-corrected chi connectivity index (χ1v) is 6.76. The molecule has 1 aromatic heterocycles. The highest BCUT2D eigenvalue weighted by Crippen LogP contribution is 2.26. The first-order chi connectivity index (χ1) is 9.10. The minimum absolute atomic E-state index is 0.221. The summed E-state index contributed by atoms with van der Waals surface area (Å²) in [4.78, 5) is 13.8. The fraction of sp³-hybridized carbons (Fsp3) is 0.636. The number of nitrogens with zero attached hydrogens (tertiary/aromatic N) is 2. The van der Waals surface area contributed by atoms with Gasteiger partial charge in [0.1, 0.15) is 10.6 Å². The average Bonchev–Trinajstić information content (AvgIpc) is 2.77. The highest BCUT2D eigenvalue weighted by Gasteiger charge is 2.17. The molecule has 0 saturated heterocycles. The van der Waals surface area contributed by atoms with Crippen molar-refractivity contribution in [1.82, 2.24) is 14.6 Å². The van der Waals surface area contributed by atoms with Gasteiger partial charge in [0.05, 0.1) is 6.61 Å². The van der Waals surface area contributed by atoms with Crippen molar-refractivity contribution in [2.45, 2.75) is 0 Å². The van der Waals surface area contributed by atoms with E-state index in [1.165, 1.54) is 11.5 Å². The Kier molecular flexibility index (Phi) is 6.54. The second kappa shape index (κ2) is 7.93. The maximum Gasteiger partial charge on any atom is 0.257 e. The molecule has 0 aliphatic carbocycles. The number of rotatable bonds is 8. The Balaban J connectivity index is 2.47. The Hall–Kier alpha value is -1.38. The van der Waals surface area contributed by atoms with Crippen LogP contribution < -0.4 is 16.4 Å². The van der Waals surface area contributed by atoms with Crippen molar-refractivity contribution in [1.29, 1.82) is 0 Å². The van der Waals surface area contributed by atoms with Gasteiger partial charge in [0.25, 0.3) is 5.91 Å². The van der Waals surface area contributed by atoms with E-state index in [-0.39, 0.29) is 11.7 Å². The van der Waals surface area contributed by atoms with Gasteiger partial charge in [0.2, 0.25) is 0 Å². The summed E-state index contributed by atoms with van der Waals surface area (Å²) in [6, 6.07) is 0. The number of amides is 1. The number of methoxy groups -OCH3 is 1. The summed E-state index contributed by atoms with van der Waals surface area (Å²) in [5, 5.41) is 6.45. The number of nitrogens with one attached hydrogen (secondary N) is 2. The van der Waals surface area contributed by atoms with Gasteiger partial charge < -0.3 is 26.0 Å². The van der Waals surface area contributed by atoms with Gasteiger partial charge in [-0.25, -0.2) is 0 Å². The normalized spacial score (nSPS) is 10.7. The molecule has 0 radical (unpaired) electrons. The topological polar surface area (TPSA) is 92.5 Å². The first-order valence-electron chi connectivity index (χ1n) is 5.98. The molecule has 0 saturated carbocycles. The average molecular weight is 287 g/mol. The number of ether oxygens (including phenoxy) is 1. The quantitative estimate of drug-likeness (QED) is 0.627. The molecule has 0 bridgehead atoms. The summed E-state index contributed by atoms with van der Waals surface area (Å²) in [6.45, 7) is 3.12. The van der Waals surface area contributed by atoms with E-state index in [9.17, 15) is 4.79 Å². The third kappa shape index (κ3) is 4.66. The highest BCUT2D eigenvalue weighted by molar-refractivity contribution is 7.11. The zero-order chi connectivity index (χ0) is 14.3. The molecule has 0 unspecified atom stereocenters. The largest absolute Gasteiger partial charge is 0.383 e. The molecule has 0 aliphatic heterocycles. The van der Waals surface area contributed by atoms with E-state index in [4.69, 9.17) is 10.5 Å². The lowest BCUT2D eigenvalue weighted by atomic mass is 10.3. The van der Waals surface area contributed by atoms with Crippen molar-refractivity contribution in [3.05, 3.63) is 5.56 Å². The maximum atomic E-state index is 11.7. The molecule has 108 valence electrons. The molecule has 1 amide bonds. The van der Waals surface area contributed by atoms with Crippen molar-refractivity contribution in [3.8, 4) is 0 Å². The molecule has 1 heterocycles. The van der Waals surface area contributed by atoms with E-state index in [0.29, 0.717) is 23.7 Å². The van der Waals surface area contributed by atoms with Crippen LogP contribution in [0.4, 0.5) is 10.8 Å². The third-order valence-corrected chi connectivity index (χ3v) is 3.45. The second-order valence-corrected chi connectivity index (χ2v) is 4.85. The Labute approximate surface area is 117 Å². The van der Waals surface area contributed by atoms with Crippen LogP contribution in [0.5, 0.6) is 0 Å². The fourth-order valence-electron chi connectivity index (χ4n) is 1.49. The van der Waals surface area contributed by atoms with Crippen LogP contribution in [0.1, 0.15) is 10.4 Å². The van der Waals surface area contributed by atoms with Crippen LogP contribution >= 0.6 is 11.5 Å². The van der Waals surface area contributed by atoms with Crippen LogP contribution in [0.3, 0.4) is 0 Å². The molecule has 4 N–H and O–H groups in total. The van der Waals surface area contributed by atoms with Crippen LogP contribution in [0.2, 0.25) is 0 Å². The SMILES string of the molecule is CNC(=O)c1c(N)nsc1NCCN(C)CCOC. The lowest BCUT2D eigenvalue weighted by molar-refractivity contribution is 0.0965. The van der Waals surface area contributed by atoms with Gasteiger partial charge in [0.15, 0.2) is 5.82 Å². The number of likely N-dealkylation sites (N-methyl/N-ethyl adjacent to an activating group) is 1. The summed E-state index contributed by atoms with van der Waals surface area (Å²) < 4.78 is 9.00. The standard InChI is InChI=1S/C11H21N5O2S/c1-13-10(17)8-9(12)15-19-11(8)14-4-5-16(2)6-7-18-3/h14H,4-7H2,1-3H3,(H2,12,15)(H,13,17). The first kappa shape index (κ1) is 15.7. The van der Waals surface area contributed by atoms with Crippen molar-refractivity contribution < 1.29 is 9.53 Å². The van der Waals surface area contributed by atoms with Crippen molar-refractivity contribution >= 4 is 28.3 Å². The van der Waals surface area contributed by atoms with Crippen LogP contribution in [-0.2, 0) is 4.74 Å². The molecule has 0 spiro atoms. The lowest BCUT2D eigenvalue weighted by Crippen LogP contribution is -2.28.